The van der Waals surface area contributed by atoms with E-state index in [1.165, 1.54) is 0 Å². The molecule has 1 unspecified atom stereocenters. The van der Waals surface area contributed by atoms with Gasteiger partial charge in [0.05, 0.1) is 6.61 Å². The van der Waals surface area contributed by atoms with E-state index < -0.39 is 19.2 Å². The Bertz CT molecular complexity index is 789. The van der Waals surface area contributed by atoms with Gasteiger partial charge in [-0.1, -0.05) is 50.2 Å². The van der Waals surface area contributed by atoms with Crippen molar-refractivity contribution in [2.24, 2.45) is 5.92 Å². The molecule has 0 saturated carbocycles. The van der Waals surface area contributed by atoms with Crippen LogP contribution in [-0.2, 0) is 18.9 Å². The summed E-state index contributed by atoms with van der Waals surface area (Å²) < 4.78 is 30.5. The van der Waals surface area contributed by atoms with Crippen LogP contribution in [0.4, 0.5) is 0 Å². The number of carbonyl (C=O) groups is 2. The topological polar surface area (TPSA) is 78.9 Å². The zero-order valence-electron chi connectivity index (χ0n) is 16.9. The molecule has 0 amide bonds. The fraction of sp³-hybridized carbons (Fsp3) is 0.364. The molecule has 2 rings (SSSR count). The Balaban J connectivity index is 2.39. The van der Waals surface area contributed by atoms with E-state index in [4.69, 9.17) is 13.8 Å². The molecule has 0 saturated heterocycles. The fourth-order valence-electron chi connectivity index (χ4n) is 2.61. The second-order valence-corrected chi connectivity index (χ2v) is 8.84. The quantitative estimate of drug-likeness (QED) is 0.365. The normalized spacial score (nSPS) is 12.3. The van der Waals surface area contributed by atoms with E-state index in [1.54, 1.807) is 81.4 Å². The molecule has 0 heterocycles. The van der Waals surface area contributed by atoms with Gasteiger partial charge in [0.2, 0.25) is 0 Å². The highest BCUT2D eigenvalue weighted by Gasteiger charge is 2.45. The fourth-order valence-corrected chi connectivity index (χ4v) is 4.51. The van der Waals surface area contributed by atoms with Gasteiger partial charge in [0, 0.05) is 12.3 Å². The van der Waals surface area contributed by atoms with Gasteiger partial charge in [0.15, 0.2) is 5.66 Å². The lowest BCUT2D eigenvalue weighted by atomic mass is 10.0. The third kappa shape index (κ3) is 6.75. The summed E-state index contributed by atoms with van der Waals surface area (Å²) in [6.07, 6.45) is 0.0776. The van der Waals surface area contributed by atoms with E-state index in [0.29, 0.717) is 11.5 Å². The molecule has 156 valence electrons. The number of Topliss-reactive ketones (excluding diaryl/α,β-unsaturated/α-hetero) is 1. The Morgan fingerprint density at radius 3 is 1.79 bits per heavy atom. The number of ether oxygens (including phenoxy) is 1. The predicted octanol–water partition coefficient (Wildman–Crippen LogP) is 5.27. The van der Waals surface area contributed by atoms with Crippen LogP contribution in [0.3, 0.4) is 0 Å². The number of esters is 1. The predicted molar refractivity (Wildman–Crippen MR) is 111 cm³/mol. The van der Waals surface area contributed by atoms with Gasteiger partial charge >= 0.3 is 13.6 Å². The van der Waals surface area contributed by atoms with Crippen molar-refractivity contribution >= 4 is 19.3 Å². The maximum atomic E-state index is 13.9. The minimum absolute atomic E-state index is 0.00674. The van der Waals surface area contributed by atoms with E-state index in [0.717, 1.165) is 0 Å². The molecular formula is C22H27O6P. The van der Waals surface area contributed by atoms with Crippen LogP contribution in [0.15, 0.2) is 60.7 Å². The minimum atomic E-state index is -4.07. The highest BCUT2D eigenvalue weighted by Crippen LogP contribution is 2.54. The summed E-state index contributed by atoms with van der Waals surface area (Å²) in [6, 6.07) is 17.0. The maximum absolute atomic E-state index is 13.9. The molecule has 2 aromatic rings. The van der Waals surface area contributed by atoms with Gasteiger partial charge in [-0.25, -0.2) is 4.57 Å². The summed E-state index contributed by atoms with van der Waals surface area (Å²) in [5, 5.41) is 0. The van der Waals surface area contributed by atoms with Crippen molar-refractivity contribution < 1.29 is 27.9 Å². The molecule has 1 atom stereocenters. The number of benzene rings is 2. The van der Waals surface area contributed by atoms with Gasteiger partial charge in [-0.05, 0) is 37.6 Å². The van der Waals surface area contributed by atoms with Gasteiger partial charge in [-0.3, -0.25) is 9.59 Å². The first-order valence-electron chi connectivity index (χ1n) is 9.64. The smallest absolute Gasteiger partial charge is 0.445 e. The molecule has 0 bridgehead atoms. The Morgan fingerprint density at radius 2 is 1.38 bits per heavy atom. The standard InChI is InChI=1S/C22H27O6P/c1-4-26-22(24)21(16-15-20(23)17(2)3)29(25,27-18-11-7-5-8-12-18)28-19-13-9-6-10-14-19/h5-14,17,21H,4,15-16H2,1-3H3. The van der Waals surface area contributed by atoms with Crippen LogP contribution >= 0.6 is 7.60 Å². The van der Waals surface area contributed by atoms with Crippen molar-refractivity contribution in [1.82, 2.24) is 0 Å². The summed E-state index contributed by atoms with van der Waals surface area (Å²) in [5.74, 6) is -0.334. The highest BCUT2D eigenvalue weighted by molar-refractivity contribution is 7.56. The number of rotatable bonds is 11. The van der Waals surface area contributed by atoms with Crippen LogP contribution in [0.2, 0.25) is 0 Å². The third-order valence-electron chi connectivity index (χ3n) is 4.20. The average molecular weight is 418 g/mol. The number of hydrogen-bond acceptors (Lipinski definition) is 6. The van der Waals surface area contributed by atoms with Crippen molar-refractivity contribution in [1.29, 1.82) is 0 Å². The molecule has 0 spiro atoms. The van der Waals surface area contributed by atoms with Crippen LogP contribution in [0.25, 0.3) is 0 Å². The molecule has 29 heavy (non-hydrogen) atoms. The second-order valence-electron chi connectivity index (χ2n) is 6.78. The lowest BCUT2D eigenvalue weighted by Gasteiger charge is -2.26. The molecule has 0 radical (unpaired) electrons. The summed E-state index contributed by atoms with van der Waals surface area (Å²) in [7, 11) is -4.07. The molecule has 0 aromatic heterocycles. The summed E-state index contributed by atoms with van der Waals surface area (Å²) in [5.41, 5.74) is -1.23. The first kappa shape index (κ1) is 22.7. The van der Waals surface area contributed by atoms with Gasteiger partial charge in [-0.2, -0.15) is 0 Å². The zero-order valence-corrected chi connectivity index (χ0v) is 17.8. The largest absolute Gasteiger partial charge is 0.465 e. The van der Waals surface area contributed by atoms with Crippen LogP contribution in [-0.4, -0.2) is 24.0 Å². The summed E-state index contributed by atoms with van der Waals surface area (Å²) in [4.78, 5) is 24.8. The van der Waals surface area contributed by atoms with Gasteiger partial charge in [-0.15, -0.1) is 0 Å². The third-order valence-corrected chi connectivity index (χ3v) is 6.36. The monoisotopic (exact) mass is 418 g/mol. The zero-order chi connectivity index (χ0) is 21.3. The maximum Gasteiger partial charge on any atom is 0.445 e. The van der Waals surface area contributed by atoms with E-state index in [2.05, 4.69) is 0 Å². The van der Waals surface area contributed by atoms with Crippen LogP contribution in [0.1, 0.15) is 33.6 Å². The molecule has 0 aliphatic carbocycles. The molecule has 0 N–H and O–H groups in total. The van der Waals surface area contributed by atoms with Crippen molar-refractivity contribution in [3.05, 3.63) is 60.7 Å². The Hall–Kier alpha value is -2.59. The minimum Gasteiger partial charge on any atom is -0.465 e. The molecule has 7 heteroatoms. The van der Waals surface area contributed by atoms with Crippen molar-refractivity contribution in [2.45, 2.75) is 39.3 Å². The van der Waals surface area contributed by atoms with Crippen LogP contribution in [0.5, 0.6) is 11.5 Å². The number of carbonyl (C=O) groups excluding carboxylic acids is 2. The SMILES string of the molecule is CCOC(=O)C(CCC(=O)C(C)C)P(=O)(Oc1ccccc1)Oc1ccccc1. The highest BCUT2D eigenvalue weighted by atomic mass is 31.2. The summed E-state index contributed by atoms with van der Waals surface area (Å²) >= 11 is 0. The lowest BCUT2D eigenvalue weighted by molar-refractivity contribution is -0.143. The van der Waals surface area contributed by atoms with Crippen molar-refractivity contribution in [3.63, 3.8) is 0 Å². The van der Waals surface area contributed by atoms with Crippen LogP contribution in [0, 0.1) is 5.92 Å². The first-order valence-corrected chi connectivity index (χ1v) is 11.2. The first-order chi connectivity index (χ1) is 13.9. The average Bonchev–Trinajstić information content (AvgIpc) is 2.69. The molecule has 2 aromatic carbocycles. The lowest BCUT2D eigenvalue weighted by Crippen LogP contribution is -2.29. The van der Waals surface area contributed by atoms with Crippen molar-refractivity contribution in [2.75, 3.05) is 6.61 Å². The van der Waals surface area contributed by atoms with E-state index in [-0.39, 0.29) is 31.1 Å². The number of para-hydroxylation sites is 2. The Morgan fingerprint density at radius 1 is 0.897 bits per heavy atom. The van der Waals surface area contributed by atoms with Crippen LogP contribution < -0.4 is 9.05 Å². The number of hydrogen-bond donors (Lipinski definition) is 0. The molecule has 0 fully saturated rings. The Kier molecular flexibility index (Phi) is 8.47. The van der Waals surface area contributed by atoms with Crippen molar-refractivity contribution in [3.8, 4) is 11.5 Å². The Labute approximate surface area is 171 Å². The van der Waals surface area contributed by atoms with Gasteiger partial charge < -0.3 is 13.8 Å². The van der Waals surface area contributed by atoms with E-state index in [9.17, 15) is 14.2 Å². The molecule has 6 nitrogen and oxygen atoms in total. The van der Waals surface area contributed by atoms with E-state index >= 15 is 0 Å². The van der Waals surface area contributed by atoms with Gasteiger partial charge in [0.25, 0.3) is 0 Å². The summed E-state index contributed by atoms with van der Waals surface area (Å²) in [6.45, 7) is 5.34. The van der Waals surface area contributed by atoms with E-state index in [1.807, 2.05) is 0 Å². The second kappa shape index (κ2) is 10.8. The molecule has 0 aliphatic rings. The number of ketones is 1. The molecule has 0 aliphatic heterocycles. The molecular weight excluding hydrogens is 391 g/mol. The van der Waals surface area contributed by atoms with Gasteiger partial charge in [0.1, 0.15) is 17.3 Å².